The van der Waals surface area contributed by atoms with Crippen molar-refractivity contribution in [2.45, 2.75) is 25.9 Å². The van der Waals surface area contributed by atoms with Gasteiger partial charge in [-0.2, -0.15) is 0 Å². The molecule has 1 N–H and O–H groups in total. The summed E-state index contributed by atoms with van der Waals surface area (Å²) in [5.74, 6) is -0.190. The Morgan fingerprint density at radius 3 is 2.22 bits per heavy atom. The van der Waals surface area contributed by atoms with Crippen LogP contribution in [0.4, 0.5) is 5.69 Å². The second-order valence-electron chi connectivity index (χ2n) is 7.38. The number of carbonyl (C=O) groups is 1. The first-order valence-corrected chi connectivity index (χ1v) is 12.7. The minimum atomic E-state index is -3.62. The Hall–Kier alpha value is -2.54. The van der Waals surface area contributed by atoms with Crippen molar-refractivity contribution in [2.75, 3.05) is 10.6 Å². The van der Waals surface area contributed by atoms with Crippen molar-refractivity contribution in [3.05, 3.63) is 99.5 Å². The van der Waals surface area contributed by atoms with Crippen LogP contribution < -0.4 is 9.62 Å². The fourth-order valence-corrected chi connectivity index (χ4v) is 4.68. The van der Waals surface area contributed by atoms with Gasteiger partial charge in [0.2, 0.25) is 10.0 Å². The number of rotatable bonds is 8. The molecule has 3 aromatic carbocycles. The summed E-state index contributed by atoms with van der Waals surface area (Å²) >= 11 is 12.3. The standard InChI is InChI=1S/C24H24Cl2N2O3S/c1-3-21(18-8-5-4-6-9-18)27-24(29)19-14-12-17(13-15-19)16-28(32(2,30)31)22-11-7-10-20(25)23(22)26/h4-15,21H,3,16H2,1-2H3,(H,27,29). The average molecular weight is 491 g/mol. The zero-order valence-corrected chi connectivity index (χ0v) is 20.1. The van der Waals surface area contributed by atoms with E-state index in [0.29, 0.717) is 16.8 Å². The molecule has 3 rings (SSSR count). The molecule has 0 aromatic heterocycles. The maximum atomic E-state index is 12.7. The molecule has 0 aliphatic carbocycles. The highest BCUT2D eigenvalue weighted by atomic mass is 35.5. The molecule has 3 aromatic rings. The number of nitrogens with zero attached hydrogens (tertiary/aromatic N) is 1. The number of carbonyl (C=O) groups excluding carboxylic acids is 1. The third-order valence-electron chi connectivity index (χ3n) is 5.06. The van der Waals surface area contributed by atoms with Crippen molar-refractivity contribution in [1.82, 2.24) is 5.32 Å². The van der Waals surface area contributed by atoms with Crippen LogP contribution in [0.1, 0.15) is 40.9 Å². The molecule has 32 heavy (non-hydrogen) atoms. The highest BCUT2D eigenvalue weighted by Crippen LogP contribution is 2.34. The molecule has 0 heterocycles. The maximum absolute atomic E-state index is 12.7. The molecule has 0 radical (unpaired) electrons. The van der Waals surface area contributed by atoms with Crippen LogP contribution in [-0.2, 0) is 16.6 Å². The van der Waals surface area contributed by atoms with Crippen LogP contribution >= 0.6 is 23.2 Å². The lowest BCUT2D eigenvalue weighted by atomic mass is 10.0. The minimum Gasteiger partial charge on any atom is -0.345 e. The zero-order valence-electron chi connectivity index (χ0n) is 17.8. The monoisotopic (exact) mass is 490 g/mol. The fourth-order valence-electron chi connectivity index (χ4n) is 3.34. The average Bonchev–Trinajstić information content (AvgIpc) is 2.78. The molecule has 1 unspecified atom stereocenters. The maximum Gasteiger partial charge on any atom is 0.251 e. The molecule has 168 valence electrons. The number of hydrogen-bond donors (Lipinski definition) is 1. The van der Waals surface area contributed by atoms with E-state index in [4.69, 9.17) is 23.2 Å². The predicted octanol–water partition coefficient (Wildman–Crippen LogP) is 5.84. The Balaban J connectivity index is 1.78. The molecule has 0 aliphatic heterocycles. The van der Waals surface area contributed by atoms with E-state index in [1.54, 1.807) is 42.5 Å². The Labute approximate surface area is 199 Å². The third-order valence-corrected chi connectivity index (χ3v) is 6.99. The van der Waals surface area contributed by atoms with Gasteiger partial charge in [-0.3, -0.25) is 9.10 Å². The third kappa shape index (κ3) is 5.82. The van der Waals surface area contributed by atoms with Gasteiger partial charge < -0.3 is 5.32 Å². The SMILES string of the molecule is CCC(NC(=O)c1ccc(CN(c2cccc(Cl)c2Cl)S(C)(=O)=O)cc1)c1ccccc1. The fraction of sp³-hybridized carbons (Fsp3) is 0.208. The number of anilines is 1. The Morgan fingerprint density at radius 1 is 0.969 bits per heavy atom. The van der Waals surface area contributed by atoms with E-state index < -0.39 is 10.0 Å². The zero-order chi connectivity index (χ0) is 23.3. The molecular weight excluding hydrogens is 467 g/mol. The molecule has 0 spiro atoms. The van der Waals surface area contributed by atoms with Crippen molar-refractivity contribution >= 4 is 44.8 Å². The summed E-state index contributed by atoms with van der Waals surface area (Å²) in [4.78, 5) is 12.7. The molecule has 5 nitrogen and oxygen atoms in total. The highest BCUT2D eigenvalue weighted by Gasteiger charge is 2.22. The van der Waals surface area contributed by atoms with Gasteiger partial charge in [-0.15, -0.1) is 0 Å². The topological polar surface area (TPSA) is 66.5 Å². The first kappa shape index (κ1) is 24.1. The van der Waals surface area contributed by atoms with Crippen molar-refractivity contribution in [3.8, 4) is 0 Å². The predicted molar refractivity (Wildman–Crippen MR) is 131 cm³/mol. The van der Waals surface area contributed by atoms with Gasteiger partial charge >= 0.3 is 0 Å². The summed E-state index contributed by atoms with van der Waals surface area (Å²) in [6.45, 7) is 2.07. The molecule has 0 fully saturated rings. The van der Waals surface area contributed by atoms with E-state index in [-0.39, 0.29) is 28.5 Å². The van der Waals surface area contributed by atoms with Crippen molar-refractivity contribution in [1.29, 1.82) is 0 Å². The Bertz CT molecular complexity index is 1180. The quantitative estimate of drug-likeness (QED) is 0.431. The Kier molecular flexibility index (Phi) is 7.82. The number of amides is 1. The van der Waals surface area contributed by atoms with E-state index >= 15 is 0 Å². The number of hydrogen-bond acceptors (Lipinski definition) is 3. The van der Waals surface area contributed by atoms with E-state index in [1.165, 1.54) is 4.31 Å². The van der Waals surface area contributed by atoms with Gasteiger partial charge in [0.15, 0.2) is 0 Å². The van der Waals surface area contributed by atoms with Crippen molar-refractivity contribution in [3.63, 3.8) is 0 Å². The minimum absolute atomic E-state index is 0.0579. The van der Waals surface area contributed by atoms with Gasteiger partial charge in [0.25, 0.3) is 5.91 Å². The molecule has 0 aliphatic rings. The van der Waals surface area contributed by atoms with Gasteiger partial charge in [-0.05, 0) is 41.8 Å². The van der Waals surface area contributed by atoms with Gasteiger partial charge in [-0.25, -0.2) is 8.42 Å². The molecule has 0 bridgehead atoms. The van der Waals surface area contributed by atoms with Crippen molar-refractivity contribution < 1.29 is 13.2 Å². The molecule has 1 atom stereocenters. The van der Waals surface area contributed by atoms with Crippen LogP contribution in [0.15, 0.2) is 72.8 Å². The molecular formula is C24H24Cl2N2O3S. The van der Waals surface area contributed by atoms with Crippen LogP contribution in [0, 0.1) is 0 Å². The highest BCUT2D eigenvalue weighted by molar-refractivity contribution is 7.92. The van der Waals surface area contributed by atoms with Gasteiger partial charge in [0.05, 0.1) is 34.6 Å². The Morgan fingerprint density at radius 2 is 1.62 bits per heavy atom. The van der Waals surface area contributed by atoms with Gasteiger partial charge in [0, 0.05) is 5.56 Å². The first-order valence-electron chi connectivity index (χ1n) is 10.1. The summed E-state index contributed by atoms with van der Waals surface area (Å²) in [5.41, 5.74) is 2.55. The first-order chi connectivity index (χ1) is 15.2. The van der Waals surface area contributed by atoms with Crippen LogP contribution in [0.25, 0.3) is 0 Å². The van der Waals surface area contributed by atoms with Crippen LogP contribution in [-0.4, -0.2) is 20.6 Å². The van der Waals surface area contributed by atoms with E-state index in [0.717, 1.165) is 18.2 Å². The number of nitrogens with one attached hydrogen (secondary N) is 1. The van der Waals surface area contributed by atoms with Gasteiger partial charge in [-0.1, -0.05) is 78.7 Å². The number of sulfonamides is 1. The van der Waals surface area contributed by atoms with E-state index in [9.17, 15) is 13.2 Å². The van der Waals surface area contributed by atoms with Crippen LogP contribution in [0.3, 0.4) is 0 Å². The summed E-state index contributed by atoms with van der Waals surface area (Å²) in [6, 6.07) is 21.4. The summed E-state index contributed by atoms with van der Waals surface area (Å²) in [7, 11) is -3.62. The number of benzene rings is 3. The van der Waals surface area contributed by atoms with Crippen molar-refractivity contribution in [2.24, 2.45) is 0 Å². The lowest BCUT2D eigenvalue weighted by Crippen LogP contribution is -2.30. The molecule has 0 saturated heterocycles. The van der Waals surface area contributed by atoms with Gasteiger partial charge in [0.1, 0.15) is 0 Å². The second-order valence-corrected chi connectivity index (χ2v) is 10.1. The normalized spacial score (nSPS) is 12.2. The van der Waals surface area contributed by atoms with E-state index in [2.05, 4.69) is 5.32 Å². The molecule has 8 heteroatoms. The second kappa shape index (κ2) is 10.4. The summed E-state index contributed by atoms with van der Waals surface area (Å²) in [5, 5.41) is 3.49. The molecule has 0 saturated carbocycles. The van der Waals surface area contributed by atoms with Crippen LogP contribution in [0.5, 0.6) is 0 Å². The summed E-state index contributed by atoms with van der Waals surface area (Å²) in [6.07, 6.45) is 1.87. The smallest absolute Gasteiger partial charge is 0.251 e. The molecule has 1 amide bonds. The number of halogens is 2. The lowest BCUT2D eigenvalue weighted by molar-refractivity contribution is 0.0935. The summed E-state index contributed by atoms with van der Waals surface area (Å²) < 4.78 is 26.0. The van der Waals surface area contributed by atoms with Crippen LogP contribution in [0.2, 0.25) is 10.0 Å². The lowest BCUT2D eigenvalue weighted by Gasteiger charge is -2.24. The van der Waals surface area contributed by atoms with E-state index in [1.807, 2.05) is 37.3 Å². The largest absolute Gasteiger partial charge is 0.345 e.